The van der Waals surface area contributed by atoms with Gasteiger partial charge in [0.25, 0.3) is 5.91 Å². The summed E-state index contributed by atoms with van der Waals surface area (Å²) in [4.78, 5) is 36.8. The summed E-state index contributed by atoms with van der Waals surface area (Å²) in [6.07, 6.45) is 6.11. The Morgan fingerprint density at radius 3 is 1.93 bits per heavy atom. The fourth-order valence-electron chi connectivity index (χ4n) is 2.58. The molecule has 0 radical (unpaired) electrons. The predicted molar refractivity (Wildman–Crippen MR) is 106 cm³/mol. The Balaban J connectivity index is 4.69. The molecular weight excluding hydrogens is 346 g/mol. The van der Waals surface area contributed by atoms with E-state index in [9.17, 15) is 19.6 Å². The van der Waals surface area contributed by atoms with E-state index in [1.54, 1.807) is 20.8 Å². The van der Waals surface area contributed by atoms with Gasteiger partial charge in [0.15, 0.2) is 0 Å². The number of unbranched alkanes of at least 4 members (excludes halogenated alkanes) is 5. The number of urea groups is 1. The molecule has 0 aromatic carbocycles. The third-order valence-electron chi connectivity index (χ3n) is 4.07. The van der Waals surface area contributed by atoms with Gasteiger partial charge in [0.1, 0.15) is 6.04 Å². The Morgan fingerprint density at radius 2 is 1.44 bits per heavy atom. The summed E-state index contributed by atoms with van der Waals surface area (Å²) in [7, 11) is 0. The van der Waals surface area contributed by atoms with E-state index in [1.165, 1.54) is 6.42 Å². The first kappa shape index (κ1) is 25.4. The predicted octanol–water partition coefficient (Wildman–Crippen LogP) is 3.99. The number of carbonyl (C=O) groups excluding carboxylic acids is 3. The van der Waals surface area contributed by atoms with Crippen LogP contribution in [0.25, 0.3) is 0 Å². The second-order valence-corrected chi connectivity index (χ2v) is 9.21. The normalized spacial score (nSPS) is 13.0. The number of hydroxylamine groups is 2. The van der Waals surface area contributed by atoms with Gasteiger partial charge in [-0.2, -0.15) is 0 Å². The molecule has 0 aliphatic carbocycles. The van der Waals surface area contributed by atoms with Gasteiger partial charge >= 0.3 is 6.03 Å². The van der Waals surface area contributed by atoms with E-state index in [-0.39, 0.29) is 17.4 Å². The molecule has 4 amide bonds. The Morgan fingerprint density at radius 1 is 0.926 bits per heavy atom. The van der Waals surface area contributed by atoms with E-state index in [4.69, 9.17) is 0 Å². The van der Waals surface area contributed by atoms with Crippen molar-refractivity contribution < 1.29 is 19.6 Å². The average molecular weight is 386 g/mol. The molecule has 0 saturated heterocycles. The molecule has 7 nitrogen and oxygen atoms in total. The zero-order valence-corrected chi connectivity index (χ0v) is 18.1. The molecule has 0 aromatic rings. The first-order chi connectivity index (χ1) is 12.3. The average Bonchev–Trinajstić information content (AvgIpc) is 2.51. The lowest BCUT2D eigenvalue weighted by Gasteiger charge is -2.33. The second-order valence-electron chi connectivity index (χ2n) is 9.21. The van der Waals surface area contributed by atoms with Crippen LogP contribution < -0.4 is 10.6 Å². The van der Waals surface area contributed by atoms with Crippen molar-refractivity contribution in [3.05, 3.63) is 0 Å². The van der Waals surface area contributed by atoms with Gasteiger partial charge in [0.2, 0.25) is 5.91 Å². The van der Waals surface area contributed by atoms with Crippen LogP contribution in [0, 0.1) is 5.41 Å². The molecule has 0 heterocycles. The molecule has 0 fully saturated rings. The number of rotatable bonds is 9. The fourth-order valence-corrected chi connectivity index (χ4v) is 2.58. The van der Waals surface area contributed by atoms with E-state index in [2.05, 4.69) is 17.6 Å². The summed E-state index contributed by atoms with van der Waals surface area (Å²) in [6, 6.07) is -1.87. The molecule has 0 aromatic heterocycles. The Hall–Kier alpha value is -1.63. The molecule has 1 atom stereocenters. The van der Waals surface area contributed by atoms with Gasteiger partial charge in [-0.15, -0.1) is 5.06 Å². The second kappa shape index (κ2) is 11.3. The summed E-state index contributed by atoms with van der Waals surface area (Å²) in [5.41, 5.74) is -1.05. The molecular formula is C20H39N3O4. The van der Waals surface area contributed by atoms with Crippen molar-refractivity contribution >= 4 is 17.8 Å². The molecule has 0 spiro atoms. The first-order valence-electron chi connectivity index (χ1n) is 9.94. The maximum atomic E-state index is 12.5. The standard InChI is InChI=1S/C20H39N3O4/c1-8-9-10-11-12-13-14-15(24)23(27)18(26)21-16(19(2,3)4)17(25)22-20(5,6)7/h16,27H,8-14H2,1-7H3,(H,21,26)(H,22,25). The number of nitrogens with one attached hydrogen (secondary N) is 2. The quantitative estimate of drug-likeness (QED) is 0.317. The molecule has 0 aliphatic heterocycles. The van der Waals surface area contributed by atoms with Crippen molar-refractivity contribution in [3.8, 4) is 0 Å². The topological polar surface area (TPSA) is 98.7 Å². The van der Waals surface area contributed by atoms with E-state index >= 15 is 0 Å². The third kappa shape index (κ3) is 11.0. The van der Waals surface area contributed by atoms with Crippen LogP contribution in [-0.4, -0.2) is 39.7 Å². The number of hydrogen-bond acceptors (Lipinski definition) is 4. The lowest BCUT2D eigenvalue weighted by molar-refractivity contribution is -0.153. The van der Waals surface area contributed by atoms with E-state index < -0.39 is 28.9 Å². The summed E-state index contributed by atoms with van der Waals surface area (Å²) in [5, 5.41) is 15.3. The van der Waals surface area contributed by atoms with Gasteiger partial charge in [-0.3, -0.25) is 14.8 Å². The molecule has 0 bridgehead atoms. The summed E-state index contributed by atoms with van der Waals surface area (Å²) in [5.74, 6) is -1.02. The Bertz CT molecular complexity index is 492. The number of imide groups is 1. The lowest BCUT2D eigenvalue weighted by atomic mass is 9.85. The van der Waals surface area contributed by atoms with Crippen molar-refractivity contribution in [2.75, 3.05) is 0 Å². The van der Waals surface area contributed by atoms with Gasteiger partial charge in [-0.25, -0.2) is 4.79 Å². The summed E-state index contributed by atoms with van der Waals surface area (Å²) < 4.78 is 0. The minimum absolute atomic E-state index is 0.0924. The number of carbonyl (C=O) groups is 3. The van der Waals surface area contributed by atoms with Crippen LogP contribution in [-0.2, 0) is 9.59 Å². The maximum Gasteiger partial charge on any atom is 0.349 e. The summed E-state index contributed by atoms with van der Waals surface area (Å²) >= 11 is 0. The maximum absolute atomic E-state index is 12.5. The fraction of sp³-hybridized carbons (Fsp3) is 0.850. The van der Waals surface area contributed by atoms with Crippen LogP contribution in [0.1, 0.15) is 93.4 Å². The highest BCUT2D eigenvalue weighted by atomic mass is 16.5. The van der Waals surface area contributed by atoms with Crippen molar-refractivity contribution in [3.63, 3.8) is 0 Å². The summed E-state index contributed by atoms with van der Waals surface area (Å²) in [6.45, 7) is 13.1. The monoisotopic (exact) mass is 385 g/mol. The van der Waals surface area contributed by atoms with Gasteiger partial charge in [0, 0.05) is 12.0 Å². The Kier molecular flexibility index (Phi) is 10.6. The zero-order chi connectivity index (χ0) is 21.3. The van der Waals surface area contributed by atoms with Gasteiger partial charge in [0.05, 0.1) is 0 Å². The minimum atomic E-state index is -0.977. The van der Waals surface area contributed by atoms with Crippen LogP contribution in [0.3, 0.4) is 0 Å². The molecule has 0 rings (SSSR count). The van der Waals surface area contributed by atoms with Crippen molar-refractivity contribution in [2.24, 2.45) is 5.41 Å². The van der Waals surface area contributed by atoms with E-state index in [0.29, 0.717) is 6.42 Å². The molecule has 0 saturated carbocycles. The molecule has 3 N–H and O–H groups in total. The molecule has 7 heteroatoms. The van der Waals surface area contributed by atoms with Crippen molar-refractivity contribution in [1.29, 1.82) is 0 Å². The first-order valence-corrected chi connectivity index (χ1v) is 9.94. The van der Waals surface area contributed by atoms with Crippen LogP contribution >= 0.6 is 0 Å². The number of amides is 4. The lowest BCUT2D eigenvalue weighted by Crippen LogP contribution is -2.59. The number of hydrogen-bond donors (Lipinski definition) is 3. The highest BCUT2D eigenvalue weighted by Crippen LogP contribution is 2.20. The zero-order valence-electron chi connectivity index (χ0n) is 18.1. The van der Waals surface area contributed by atoms with E-state index in [0.717, 1.165) is 25.7 Å². The highest BCUT2D eigenvalue weighted by molar-refractivity contribution is 5.95. The third-order valence-corrected chi connectivity index (χ3v) is 4.07. The van der Waals surface area contributed by atoms with Crippen molar-refractivity contribution in [1.82, 2.24) is 15.7 Å². The van der Waals surface area contributed by atoms with Gasteiger partial charge in [-0.05, 0) is 32.6 Å². The van der Waals surface area contributed by atoms with Crippen LogP contribution in [0.15, 0.2) is 0 Å². The van der Waals surface area contributed by atoms with Gasteiger partial charge < -0.3 is 10.6 Å². The Labute approximate surface area is 164 Å². The SMILES string of the molecule is CCCCCCCCC(=O)N(O)C(=O)NC(C(=O)NC(C)(C)C)C(C)(C)C. The molecule has 158 valence electrons. The minimum Gasteiger partial charge on any atom is -0.350 e. The number of nitrogens with zero attached hydrogens (tertiary/aromatic N) is 1. The largest absolute Gasteiger partial charge is 0.350 e. The highest BCUT2D eigenvalue weighted by Gasteiger charge is 2.36. The van der Waals surface area contributed by atoms with Crippen molar-refractivity contribution in [2.45, 2.75) is 105 Å². The van der Waals surface area contributed by atoms with Crippen LogP contribution in [0.5, 0.6) is 0 Å². The van der Waals surface area contributed by atoms with E-state index in [1.807, 2.05) is 20.8 Å². The molecule has 0 aliphatic rings. The molecule has 27 heavy (non-hydrogen) atoms. The van der Waals surface area contributed by atoms with Crippen LogP contribution in [0.4, 0.5) is 4.79 Å². The van der Waals surface area contributed by atoms with Gasteiger partial charge in [-0.1, -0.05) is 59.8 Å². The molecule has 1 unspecified atom stereocenters. The smallest absolute Gasteiger partial charge is 0.349 e. The van der Waals surface area contributed by atoms with Crippen LogP contribution in [0.2, 0.25) is 0 Å².